The highest BCUT2D eigenvalue weighted by atomic mass is 32.1. The molecule has 0 saturated carbocycles. The summed E-state index contributed by atoms with van der Waals surface area (Å²) in [5, 5.41) is 10.1. The number of hydrogen-bond acceptors (Lipinski definition) is 2. The summed E-state index contributed by atoms with van der Waals surface area (Å²) in [7, 11) is 0. The second-order valence-electron chi connectivity index (χ2n) is 3.27. The summed E-state index contributed by atoms with van der Waals surface area (Å²) in [6.07, 6.45) is 0. The van der Waals surface area contributed by atoms with Gasteiger partial charge in [-0.3, -0.25) is 0 Å². The summed E-state index contributed by atoms with van der Waals surface area (Å²) in [6, 6.07) is 5.42. The van der Waals surface area contributed by atoms with Crippen molar-refractivity contribution in [2.24, 2.45) is 0 Å². The monoisotopic (exact) mass is 206 g/mol. The van der Waals surface area contributed by atoms with Crippen LogP contribution >= 0.6 is 11.3 Å². The Labute approximate surface area is 85.8 Å². The van der Waals surface area contributed by atoms with E-state index in [0.29, 0.717) is 5.56 Å². The minimum atomic E-state index is -0.850. The van der Waals surface area contributed by atoms with Crippen LogP contribution in [-0.2, 0) is 0 Å². The van der Waals surface area contributed by atoms with Crippen molar-refractivity contribution in [3.8, 4) is 0 Å². The van der Waals surface area contributed by atoms with Gasteiger partial charge in [0.05, 0.1) is 5.56 Å². The molecule has 0 aliphatic heterocycles. The summed E-state index contributed by atoms with van der Waals surface area (Å²) in [4.78, 5) is 12.1. The van der Waals surface area contributed by atoms with Crippen LogP contribution in [0.15, 0.2) is 18.2 Å². The van der Waals surface area contributed by atoms with E-state index in [1.807, 2.05) is 19.9 Å². The molecule has 0 spiro atoms. The molecule has 14 heavy (non-hydrogen) atoms. The van der Waals surface area contributed by atoms with Crippen LogP contribution in [0.4, 0.5) is 0 Å². The molecule has 1 heterocycles. The van der Waals surface area contributed by atoms with Crippen molar-refractivity contribution in [1.82, 2.24) is 0 Å². The largest absolute Gasteiger partial charge is 0.478 e. The summed E-state index contributed by atoms with van der Waals surface area (Å²) >= 11 is 1.55. The Kier molecular flexibility index (Phi) is 2.04. The van der Waals surface area contributed by atoms with Crippen LogP contribution in [0.1, 0.15) is 20.8 Å². The summed E-state index contributed by atoms with van der Waals surface area (Å²) in [5.41, 5.74) is 1.59. The Morgan fingerprint density at radius 2 is 2.07 bits per heavy atom. The molecule has 0 unspecified atom stereocenters. The molecule has 0 aliphatic carbocycles. The van der Waals surface area contributed by atoms with Gasteiger partial charge in [0.2, 0.25) is 0 Å². The maximum atomic E-state index is 10.9. The third kappa shape index (κ3) is 1.21. The molecule has 0 aliphatic rings. The molecule has 1 aromatic heterocycles. The van der Waals surface area contributed by atoms with Crippen molar-refractivity contribution < 1.29 is 9.90 Å². The predicted molar refractivity (Wildman–Crippen MR) is 58.3 cm³/mol. The normalized spacial score (nSPS) is 10.7. The first kappa shape index (κ1) is 9.21. The van der Waals surface area contributed by atoms with E-state index in [9.17, 15) is 4.79 Å². The highest BCUT2D eigenvalue weighted by Crippen LogP contribution is 2.32. The molecule has 2 nitrogen and oxygen atoms in total. The van der Waals surface area contributed by atoms with E-state index in [4.69, 9.17) is 5.11 Å². The standard InChI is InChI=1S/C11H10O2S/c1-6-7(2)14-10-8(6)4-3-5-9(10)11(12)13/h3-5H,1-2H3,(H,12,13). The average Bonchev–Trinajstić information content (AvgIpc) is 2.43. The Balaban J connectivity index is 2.88. The number of carbonyl (C=O) groups is 1. The predicted octanol–water partition coefficient (Wildman–Crippen LogP) is 3.22. The van der Waals surface area contributed by atoms with Gasteiger partial charge in [0.25, 0.3) is 0 Å². The van der Waals surface area contributed by atoms with Crippen LogP contribution in [0.2, 0.25) is 0 Å². The van der Waals surface area contributed by atoms with Crippen molar-refractivity contribution in [2.75, 3.05) is 0 Å². The third-order valence-corrected chi connectivity index (χ3v) is 3.69. The SMILES string of the molecule is Cc1sc2c(C(=O)O)cccc2c1C. The first-order valence-electron chi connectivity index (χ1n) is 4.33. The van der Waals surface area contributed by atoms with Gasteiger partial charge in [-0.05, 0) is 30.9 Å². The number of thiophene rings is 1. The molecule has 0 saturated heterocycles. The quantitative estimate of drug-likeness (QED) is 0.777. The molecular formula is C11H10O2S. The molecule has 0 atom stereocenters. The van der Waals surface area contributed by atoms with Crippen molar-refractivity contribution in [2.45, 2.75) is 13.8 Å². The zero-order valence-corrected chi connectivity index (χ0v) is 8.81. The number of aromatic carboxylic acids is 1. The second-order valence-corrected chi connectivity index (χ2v) is 4.50. The Morgan fingerprint density at radius 3 is 2.71 bits per heavy atom. The zero-order chi connectivity index (χ0) is 10.3. The van der Waals surface area contributed by atoms with Crippen molar-refractivity contribution >= 4 is 27.4 Å². The molecule has 3 heteroatoms. The Hall–Kier alpha value is -1.35. The minimum Gasteiger partial charge on any atom is -0.478 e. The highest BCUT2D eigenvalue weighted by molar-refractivity contribution is 7.19. The molecule has 0 fully saturated rings. The maximum absolute atomic E-state index is 10.9. The summed E-state index contributed by atoms with van der Waals surface area (Å²) < 4.78 is 0.884. The molecule has 2 aromatic rings. The third-order valence-electron chi connectivity index (χ3n) is 2.43. The van der Waals surface area contributed by atoms with E-state index < -0.39 is 5.97 Å². The molecule has 0 bridgehead atoms. The van der Waals surface area contributed by atoms with Gasteiger partial charge < -0.3 is 5.11 Å². The van der Waals surface area contributed by atoms with Gasteiger partial charge in [-0.15, -0.1) is 11.3 Å². The van der Waals surface area contributed by atoms with E-state index in [2.05, 4.69) is 0 Å². The van der Waals surface area contributed by atoms with Crippen LogP contribution in [0.5, 0.6) is 0 Å². The van der Waals surface area contributed by atoms with Gasteiger partial charge in [-0.1, -0.05) is 12.1 Å². The van der Waals surface area contributed by atoms with E-state index in [-0.39, 0.29) is 0 Å². The zero-order valence-electron chi connectivity index (χ0n) is 8.00. The lowest BCUT2D eigenvalue weighted by Crippen LogP contribution is -1.95. The second kappa shape index (κ2) is 3.10. The van der Waals surface area contributed by atoms with Crippen LogP contribution in [0, 0.1) is 13.8 Å². The van der Waals surface area contributed by atoms with E-state index in [0.717, 1.165) is 10.1 Å². The van der Waals surface area contributed by atoms with Gasteiger partial charge in [0.1, 0.15) is 0 Å². The topological polar surface area (TPSA) is 37.3 Å². The fraction of sp³-hybridized carbons (Fsp3) is 0.182. The van der Waals surface area contributed by atoms with Crippen molar-refractivity contribution in [3.63, 3.8) is 0 Å². The molecule has 1 aromatic carbocycles. The van der Waals surface area contributed by atoms with Crippen molar-refractivity contribution in [1.29, 1.82) is 0 Å². The van der Waals surface area contributed by atoms with Gasteiger partial charge >= 0.3 is 5.97 Å². The van der Waals surface area contributed by atoms with E-state index >= 15 is 0 Å². The molecule has 72 valence electrons. The molecule has 2 rings (SSSR count). The lowest BCUT2D eigenvalue weighted by molar-refractivity contribution is 0.0699. The maximum Gasteiger partial charge on any atom is 0.337 e. The number of aryl methyl sites for hydroxylation is 2. The molecule has 0 amide bonds. The number of carboxylic acids is 1. The first-order chi connectivity index (χ1) is 6.61. The molecular weight excluding hydrogens is 196 g/mol. The number of benzene rings is 1. The average molecular weight is 206 g/mol. The van der Waals surface area contributed by atoms with E-state index in [1.165, 1.54) is 10.4 Å². The summed E-state index contributed by atoms with van der Waals surface area (Å²) in [5.74, 6) is -0.850. The van der Waals surface area contributed by atoms with Gasteiger partial charge in [-0.25, -0.2) is 4.79 Å². The fourth-order valence-corrected chi connectivity index (χ4v) is 2.70. The van der Waals surface area contributed by atoms with Gasteiger partial charge in [-0.2, -0.15) is 0 Å². The molecule has 0 radical (unpaired) electrons. The highest BCUT2D eigenvalue weighted by Gasteiger charge is 2.12. The smallest absolute Gasteiger partial charge is 0.337 e. The van der Waals surface area contributed by atoms with Gasteiger partial charge in [0.15, 0.2) is 0 Å². The van der Waals surface area contributed by atoms with Crippen LogP contribution < -0.4 is 0 Å². The lowest BCUT2D eigenvalue weighted by Gasteiger charge is -1.96. The van der Waals surface area contributed by atoms with Crippen LogP contribution in [0.25, 0.3) is 10.1 Å². The van der Waals surface area contributed by atoms with Crippen molar-refractivity contribution in [3.05, 3.63) is 34.2 Å². The molecule has 1 N–H and O–H groups in total. The Bertz CT molecular complexity index is 511. The fourth-order valence-electron chi connectivity index (χ4n) is 1.53. The number of fused-ring (bicyclic) bond motifs is 1. The van der Waals surface area contributed by atoms with E-state index in [1.54, 1.807) is 23.5 Å². The Morgan fingerprint density at radius 1 is 1.36 bits per heavy atom. The van der Waals surface area contributed by atoms with Crippen LogP contribution in [0.3, 0.4) is 0 Å². The summed E-state index contributed by atoms with van der Waals surface area (Å²) in [6.45, 7) is 4.05. The number of hydrogen-bond donors (Lipinski definition) is 1. The first-order valence-corrected chi connectivity index (χ1v) is 5.15. The number of rotatable bonds is 1. The number of carboxylic acid groups (broad SMARTS) is 1. The minimum absolute atomic E-state index is 0.406. The van der Waals surface area contributed by atoms with Crippen LogP contribution in [-0.4, -0.2) is 11.1 Å². The van der Waals surface area contributed by atoms with Gasteiger partial charge in [0, 0.05) is 9.58 Å². The lowest BCUT2D eigenvalue weighted by atomic mass is 10.1.